The minimum absolute atomic E-state index is 0.0211. The van der Waals surface area contributed by atoms with Gasteiger partial charge in [-0.1, -0.05) is 36.4 Å². The predicted octanol–water partition coefficient (Wildman–Crippen LogP) is 2.62. The normalized spacial score (nSPS) is 24.6. The molecule has 9 heteroatoms. The first-order valence-electron chi connectivity index (χ1n) is 11.5. The Kier molecular flexibility index (Phi) is 6.03. The molecule has 3 aliphatic rings. The fraction of sp³-hybridized carbons (Fsp3) is 0.400. The summed E-state index contributed by atoms with van der Waals surface area (Å²) in [6.07, 6.45) is 6.68. The number of hydrogen-bond donors (Lipinski definition) is 2. The smallest absolute Gasteiger partial charge is 0.246 e. The van der Waals surface area contributed by atoms with E-state index >= 15 is 0 Å². The van der Waals surface area contributed by atoms with Gasteiger partial charge in [-0.2, -0.15) is 0 Å². The summed E-state index contributed by atoms with van der Waals surface area (Å²) in [6, 6.07) is 8.03. The molecule has 1 aromatic heterocycles. The number of nitrogens with one attached hydrogen (secondary N) is 2. The number of carbonyl (C=O) groups excluding carboxylic acids is 4. The summed E-state index contributed by atoms with van der Waals surface area (Å²) in [6.45, 7) is 1.89. The second kappa shape index (κ2) is 9.13. The van der Waals surface area contributed by atoms with E-state index in [-0.39, 0.29) is 47.9 Å². The van der Waals surface area contributed by atoms with Gasteiger partial charge in [-0.25, -0.2) is 4.98 Å². The zero-order valence-corrected chi connectivity index (χ0v) is 19.6. The highest BCUT2D eigenvalue weighted by Crippen LogP contribution is 2.52. The van der Waals surface area contributed by atoms with E-state index in [0.717, 1.165) is 35.4 Å². The van der Waals surface area contributed by atoms with Crippen molar-refractivity contribution < 1.29 is 19.2 Å². The second-order valence-corrected chi connectivity index (χ2v) is 9.99. The number of benzene rings is 1. The highest BCUT2D eigenvalue weighted by Gasteiger charge is 2.59. The van der Waals surface area contributed by atoms with Gasteiger partial charge in [0.15, 0.2) is 5.13 Å². The number of amides is 4. The van der Waals surface area contributed by atoms with Crippen molar-refractivity contribution in [3.63, 3.8) is 0 Å². The molecule has 1 aliphatic heterocycles. The lowest BCUT2D eigenvalue weighted by molar-refractivity contribution is -0.143. The number of hydrogen-bond acceptors (Lipinski definition) is 6. The molecular formula is C25H26N4O4S. The van der Waals surface area contributed by atoms with Crippen molar-refractivity contribution in [2.75, 3.05) is 18.4 Å². The number of aryl methyl sites for hydroxylation is 1. The first kappa shape index (κ1) is 22.5. The van der Waals surface area contributed by atoms with E-state index in [1.807, 2.05) is 41.8 Å². The quantitative estimate of drug-likeness (QED) is 0.344. The maximum Gasteiger partial charge on any atom is 0.246 e. The molecule has 2 bridgehead atoms. The van der Waals surface area contributed by atoms with Gasteiger partial charge < -0.3 is 10.6 Å². The average molecular weight is 479 g/mol. The lowest BCUT2D eigenvalue weighted by Crippen LogP contribution is -2.39. The Hall–Kier alpha value is -3.33. The molecule has 1 aromatic carbocycles. The molecule has 1 saturated carbocycles. The molecule has 4 amide bonds. The zero-order valence-electron chi connectivity index (χ0n) is 18.8. The summed E-state index contributed by atoms with van der Waals surface area (Å²) in [5.41, 5.74) is 2.85. The molecule has 8 nitrogen and oxygen atoms in total. The molecule has 1 saturated heterocycles. The summed E-state index contributed by atoms with van der Waals surface area (Å²) in [7, 11) is 0. The highest BCUT2D eigenvalue weighted by molar-refractivity contribution is 7.14. The zero-order chi connectivity index (χ0) is 23.8. The van der Waals surface area contributed by atoms with E-state index in [1.54, 1.807) is 0 Å². The SMILES string of the molecule is CC(=O)NCCCc1ccc(-c2csc(NC(=O)CN3C(=O)C4C5C=CC(C5)C4C3=O)n2)cc1. The van der Waals surface area contributed by atoms with E-state index in [0.29, 0.717) is 11.7 Å². The Morgan fingerprint density at radius 2 is 1.76 bits per heavy atom. The molecule has 4 atom stereocenters. The fourth-order valence-corrected chi connectivity index (χ4v) is 6.02. The van der Waals surface area contributed by atoms with E-state index in [2.05, 4.69) is 15.6 Å². The van der Waals surface area contributed by atoms with Gasteiger partial charge in [-0.05, 0) is 36.7 Å². The molecular weight excluding hydrogens is 452 g/mol. The van der Waals surface area contributed by atoms with Crippen LogP contribution in [0.5, 0.6) is 0 Å². The van der Waals surface area contributed by atoms with Crippen LogP contribution in [0.25, 0.3) is 11.3 Å². The van der Waals surface area contributed by atoms with Crippen LogP contribution in [0.1, 0.15) is 25.3 Å². The monoisotopic (exact) mass is 478 g/mol. The third kappa shape index (κ3) is 4.27. The van der Waals surface area contributed by atoms with Gasteiger partial charge in [-0.15, -0.1) is 11.3 Å². The van der Waals surface area contributed by atoms with E-state index in [9.17, 15) is 19.2 Å². The molecule has 5 rings (SSSR count). The maximum absolute atomic E-state index is 12.8. The van der Waals surface area contributed by atoms with Gasteiger partial charge in [0.1, 0.15) is 6.54 Å². The van der Waals surface area contributed by atoms with Crippen LogP contribution in [0.15, 0.2) is 41.8 Å². The molecule has 176 valence electrons. The van der Waals surface area contributed by atoms with Crippen molar-refractivity contribution >= 4 is 40.1 Å². The molecule has 2 aromatic rings. The van der Waals surface area contributed by atoms with E-state index in [1.165, 1.54) is 23.8 Å². The molecule has 2 aliphatic carbocycles. The highest BCUT2D eigenvalue weighted by atomic mass is 32.1. The number of nitrogens with zero attached hydrogens (tertiary/aromatic N) is 2. The van der Waals surface area contributed by atoms with Crippen LogP contribution >= 0.6 is 11.3 Å². The number of thiazole rings is 1. The maximum atomic E-state index is 12.8. The minimum Gasteiger partial charge on any atom is -0.356 e. The number of allylic oxidation sites excluding steroid dienone is 2. The van der Waals surface area contributed by atoms with Crippen LogP contribution in [0.3, 0.4) is 0 Å². The molecule has 0 spiro atoms. The number of imide groups is 1. The summed E-state index contributed by atoms with van der Waals surface area (Å²) < 4.78 is 0. The van der Waals surface area contributed by atoms with Crippen molar-refractivity contribution in [2.45, 2.75) is 26.2 Å². The summed E-state index contributed by atoms with van der Waals surface area (Å²) >= 11 is 1.30. The topological polar surface area (TPSA) is 108 Å². The van der Waals surface area contributed by atoms with Crippen LogP contribution in [0.2, 0.25) is 0 Å². The van der Waals surface area contributed by atoms with Gasteiger partial charge >= 0.3 is 0 Å². The standard InChI is InChI=1S/C25H26N4O4S/c1-14(30)26-10-2-3-15-4-6-16(7-5-15)19-13-34-25(27-19)28-20(31)12-29-23(32)21-17-8-9-18(11-17)22(21)24(29)33/h4-9,13,17-18,21-22H,2-3,10-12H2,1H3,(H,26,30)(H,27,28,31). The molecule has 2 heterocycles. The number of rotatable bonds is 8. The minimum atomic E-state index is -0.419. The lowest BCUT2D eigenvalue weighted by atomic mass is 9.85. The van der Waals surface area contributed by atoms with Gasteiger partial charge in [0, 0.05) is 24.4 Å². The Morgan fingerprint density at radius 3 is 2.41 bits per heavy atom. The van der Waals surface area contributed by atoms with E-state index < -0.39 is 5.91 Å². The van der Waals surface area contributed by atoms with Gasteiger partial charge in [0.2, 0.25) is 23.6 Å². The Bertz CT molecular complexity index is 1140. The van der Waals surface area contributed by atoms with Crippen LogP contribution in [-0.2, 0) is 25.6 Å². The average Bonchev–Trinajstić information content (AvgIpc) is 3.59. The molecule has 34 heavy (non-hydrogen) atoms. The second-order valence-electron chi connectivity index (χ2n) is 9.13. The van der Waals surface area contributed by atoms with Crippen molar-refractivity contribution in [2.24, 2.45) is 23.7 Å². The van der Waals surface area contributed by atoms with Crippen molar-refractivity contribution in [1.29, 1.82) is 0 Å². The summed E-state index contributed by atoms with van der Waals surface area (Å²) in [5.74, 6) is -1.22. The Morgan fingerprint density at radius 1 is 1.09 bits per heavy atom. The molecule has 4 unspecified atom stereocenters. The lowest BCUT2D eigenvalue weighted by Gasteiger charge is -2.16. The number of aromatic nitrogens is 1. The number of anilines is 1. The van der Waals surface area contributed by atoms with Crippen molar-refractivity contribution in [1.82, 2.24) is 15.2 Å². The largest absolute Gasteiger partial charge is 0.356 e. The molecule has 2 fully saturated rings. The first-order valence-corrected chi connectivity index (χ1v) is 12.4. The molecule has 0 radical (unpaired) electrons. The predicted molar refractivity (Wildman–Crippen MR) is 128 cm³/mol. The van der Waals surface area contributed by atoms with Crippen molar-refractivity contribution in [3.05, 3.63) is 47.4 Å². The number of likely N-dealkylation sites (tertiary alicyclic amines) is 1. The Labute approximate surface area is 201 Å². The van der Waals surface area contributed by atoms with Gasteiger partial charge in [0.05, 0.1) is 17.5 Å². The van der Waals surface area contributed by atoms with Crippen LogP contribution in [0, 0.1) is 23.7 Å². The van der Waals surface area contributed by atoms with Crippen LogP contribution < -0.4 is 10.6 Å². The number of fused-ring (bicyclic) bond motifs is 5. The first-order chi connectivity index (χ1) is 16.4. The van der Waals surface area contributed by atoms with Gasteiger partial charge in [0.25, 0.3) is 0 Å². The third-order valence-corrected chi connectivity index (χ3v) is 7.64. The Balaban J connectivity index is 1.15. The molecule has 2 N–H and O–H groups in total. The third-order valence-electron chi connectivity index (χ3n) is 6.88. The summed E-state index contributed by atoms with van der Waals surface area (Å²) in [5, 5.41) is 7.81. The number of carbonyl (C=O) groups is 4. The van der Waals surface area contributed by atoms with Crippen LogP contribution in [-0.4, -0.2) is 46.6 Å². The van der Waals surface area contributed by atoms with Crippen molar-refractivity contribution in [3.8, 4) is 11.3 Å². The van der Waals surface area contributed by atoms with Gasteiger partial charge in [-0.3, -0.25) is 24.1 Å². The summed E-state index contributed by atoms with van der Waals surface area (Å²) in [4.78, 5) is 54.7. The van der Waals surface area contributed by atoms with Crippen LogP contribution in [0.4, 0.5) is 5.13 Å². The van der Waals surface area contributed by atoms with E-state index in [4.69, 9.17) is 0 Å². The fourth-order valence-electron chi connectivity index (χ4n) is 5.29.